The van der Waals surface area contributed by atoms with Gasteiger partial charge in [-0.25, -0.2) is 0 Å². The van der Waals surface area contributed by atoms with E-state index in [1.54, 1.807) is 12.1 Å². The Morgan fingerprint density at radius 1 is 1.08 bits per heavy atom. The second-order valence-electron chi connectivity index (χ2n) is 10.3. The third-order valence-electron chi connectivity index (χ3n) is 7.54. The number of aliphatic hydroxyl groups excluding tert-OH is 1. The molecule has 1 aromatic heterocycles. The summed E-state index contributed by atoms with van der Waals surface area (Å²) in [6.07, 6.45) is -1.11. The van der Waals surface area contributed by atoms with Crippen molar-refractivity contribution in [2.24, 2.45) is 5.41 Å². The van der Waals surface area contributed by atoms with E-state index in [1.807, 2.05) is 24.4 Å². The summed E-state index contributed by atoms with van der Waals surface area (Å²) < 4.78 is 39.4. The van der Waals surface area contributed by atoms with Crippen LogP contribution in [-0.2, 0) is 25.7 Å². The largest absolute Gasteiger partial charge is 0.416 e. The van der Waals surface area contributed by atoms with E-state index in [1.165, 1.54) is 23.8 Å². The molecule has 0 unspecified atom stereocenters. The lowest BCUT2D eigenvalue weighted by molar-refractivity contribution is -0.384. The molecule has 0 aliphatic carbocycles. The normalized spacial score (nSPS) is 18.1. The highest BCUT2D eigenvalue weighted by molar-refractivity contribution is 5.83. The lowest BCUT2D eigenvalue weighted by Gasteiger charge is -2.31. The van der Waals surface area contributed by atoms with Crippen molar-refractivity contribution in [3.63, 3.8) is 0 Å². The zero-order valence-electron chi connectivity index (χ0n) is 21.2. The number of fused-ring (bicyclic) bond motifs is 1. The Morgan fingerprint density at radius 3 is 2.54 bits per heavy atom. The fourth-order valence-corrected chi connectivity index (χ4v) is 5.52. The van der Waals surface area contributed by atoms with Crippen molar-refractivity contribution in [2.45, 2.75) is 32.2 Å². The van der Waals surface area contributed by atoms with Crippen molar-refractivity contribution < 1.29 is 23.2 Å². The monoisotopic (exact) mass is 538 g/mol. The number of aromatic amines is 1. The van der Waals surface area contributed by atoms with Gasteiger partial charge in [0.05, 0.1) is 17.1 Å². The molecule has 3 N–H and O–H groups in total. The van der Waals surface area contributed by atoms with Crippen LogP contribution >= 0.6 is 0 Å². The Balaban J connectivity index is 1.39. The average molecular weight is 539 g/mol. The lowest BCUT2D eigenvalue weighted by atomic mass is 9.80. The summed E-state index contributed by atoms with van der Waals surface area (Å²) in [6, 6.07) is 17.9. The van der Waals surface area contributed by atoms with Gasteiger partial charge < -0.3 is 15.4 Å². The summed E-state index contributed by atoms with van der Waals surface area (Å²) in [5.41, 5.74) is 2.61. The topological polar surface area (TPSA) is 94.4 Å². The summed E-state index contributed by atoms with van der Waals surface area (Å²) in [4.78, 5) is 16.8. The number of nitro benzene ring substituents is 1. The summed E-state index contributed by atoms with van der Waals surface area (Å²) in [5, 5.41) is 25.5. The van der Waals surface area contributed by atoms with E-state index in [2.05, 4.69) is 21.3 Å². The van der Waals surface area contributed by atoms with Gasteiger partial charge in [-0.15, -0.1) is 0 Å². The summed E-state index contributed by atoms with van der Waals surface area (Å²) in [5.74, 6) is 0. The van der Waals surface area contributed by atoms with E-state index in [9.17, 15) is 28.4 Å². The minimum Gasteiger partial charge on any atom is -0.392 e. The van der Waals surface area contributed by atoms with Crippen LogP contribution in [-0.4, -0.2) is 39.5 Å². The van der Waals surface area contributed by atoms with Gasteiger partial charge in [-0.05, 0) is 60.3 Å². The molecule has 1 saturated heterocycles. The van der Waals surface area contributed by atoms with Crippen molar-refractivity contribution in [3.8, 4) is 0 Å². The first-order chi connectivity index (χ1) is 18.7. The molecule has 5 rings (SSSR count). The molecule has 39 heavy (non-hydrogen) atoms. The molecular formula is C29H29F3N4O3. The van der Waals surface area contributed by atoms with Crippen LogP contribution in [0.2, 0.25) is 0 Å². The predicted octanol–water partition coefficient (Wildman–Crippen LogP) is 6.13. The standard InChI is InChI=1S/C29H29F3N4O3/c30-29(31,32)23-8-5-20(6-9-23)14-28(18-34-26-10-7-21(17-37)13-27(26)36(38)39)11-12-35(19-28)16-22-15-33-25-4-2-1-3-24(22)25/h1-10,13,15,33-34,37H,11-12,14,16-19H2/t28-/m0/s1. The number of rotatable bonds is 9. The van der Waals surface area contributed by atoms with E-state index in [0.29, 0.717) is 37.3 Å². The first kappa shape index (κ1) is 26.7. The van der Waals surface area contributed by atoms with Gasteiger partial charge in [-0.2, -0.15) is 13.2 Å². The molecule has 0 amide bonds. The van der Waals surface area contributed by atoms with E-state index >= 15 is 0 Å². The van der Waals surface area contributed by atoms with Crippen LogP contribution in [0.5, 0.6) is 0 Å². The van der Waals surface area contributed by atoms with Gasteiger partial charge in [-0.3, -0.25) is 15.0 Å². The van der Waals surface area contributed by atoms with E-state index < -0.39 is 16.7 Å². The van der Waals surface area contributed by atoms with Crippen LogP contribution in [0.1, 0.15) is 28.7 Å². The zero-order valence-corrected chi connectivity index (χ0v) is 21.2. The number of anilines is 1. The summed E-state index contributed by atoms with van der Waals surface area (Å²) in [6.45, 7) is 2.26. The lowest BCUT2D eigenvalue weighted by Crippen LogP contribution is -2.35. The molecule has 1 atom stereocenters. The Morgan fingerprint density at radius 2 is 1.82 bits per heavy atom. The van der Waals surface area contributed by atoms with Gasteiger partial charge in [0.1, 0.15) is 5.69 Å². The molecule has 204 valence electrons. The Kier molecular flexibility index (Phi) is 7.33. The highest BCUT2D eigenvalue weighted by Crippen LogP contribution is 2.38. The van der Waals surface area contributed by atoms with Crippen LogP contribution in [0.15, 0.2) is 72.9 Å². The number of halogens is 3. The Hall–Kier alpha value is -3.89. The molecule has 4 aromatic rings. The smallest absolute Gasteiger partial charge is 0.392 e. The first-order valence-electron chi connectivity index (χ1n) is 12.7. The predicted molar refractivity (Wildman–Crippen MR) is 143 cm³/mol. The number of hydrogen-bond donors (Lipinski definition) is 3. The molecule has 1 fully saturated rings. The van der Waals surface area contributed by atoms with Crippen LogP contribution in [0.4, 0.5) is 24.5 Å². The van der Waals surface area contributed by atoms with Crippen LogP contribution < -0.4 is 5.32 Å². The van der Waals surface area contributed by atoms with Gasteiger partial charge in [0.25, 0.3) is 5.69 Å². The van der Waals surface area contributed by atoms with Crippen molar-refractivity contribution >= 4 is 22.3 Å². The number of H-pyrrole nitrogens is 1. The van der Waals surface area contributed by atoms with Gasteiger partial charge >= 0.3 is 6.18 Å². The second kappa shape index (κ2) is 10.7. The molecule has 1 aliphatic heterocycles. The number of aromatic nitrogens is 1. The molecular weight excluding hydrogens is 509 g/mol. The number of nitrogens with zero attached hydrogens (tertiary/aromatic N) is 2. The Bertz CT molecular complexity index is 1470. The van der Waals surface area contributed by atoms with E-state index in [0.717, 1.165) is 41.6 Å². The molecule has 3 aromatic carbocycles. The van der Waals surface area contributed by atoms with Gasteiger partial charge in [-0.1, -0.05) is 36.4 Å². The van der Waals surface area contributed by atoms with Crippen molar-refractivity contribution in [2.75, 3.05) is 25.0 Å². The summed E-state index contributed by atoms with van der Waals surface area (Å²) in [7, 11) is 0. The maximum atomic E-state index is 13.1. The van der Waals surface area contributed by atoms with E-state index in [-0.39, 0.29) is 17.7 Å². The highest BCUT2D eigenvalue weighted by Gasteiger charge is 2.39. The number of aliphatic hydroxyl groups is 1. The molecule has 0 spiro atoms. The minimum atomic E-state index is -4.40. The van der Waals surface area contributed by atoms with Gasteiger partial charge in [0.2, 0.25) is 0 Å². The van der Waals surface area contributed by atoms with Crippen LogP contribution in [0.3, 0.4) is 0 Å². The molecule has 0 bridgehead atoms. The molecule has 0 radical (unpaired) electrons. The maximum absolute atomic E-state index is 13.1. The van der Waals surface area contributed by atoms with Crippen molar-refractivity contribution in [3.05, 3.63) is 105 Å². The quantitative estimate of drug-likeness (QED) is 0.176. The minimum absolute atomic E-state index is 0.125. The van der Waals surface area contributed by atoms with Gasteiger partial charge in [0, 0.05) is 48.2 Å². The summed E-state index contributed by atoms with van der Waals surface area (Å²) >= 11 is 0. The average Bonchev–Trinajstić information content (AvgIpc) is 3.51. The third-order valence-corrected chi connectivity index (χ3v) is 7.54. The highest BCUT2D eigenvalue weighted by atomic mass is 19.4. The number of hydrogen-bond acceptors (Lipinski definition) is 5. The molecule has 10 heteroatoms. The van der Waals surface area contributed by atoms with Crippen molar-refractivity contribution in [1.29, 1.82) is 0 Å². The number of para-hydroxylation sites is 1. The number of likely N-dealkylation sites (tertiary alicyclic amines) is 1. The number of nitro groups is 1. The second-order valence-corrected chi connectivity index (χ2v) is 10.3. The molecule has 0 saturated carbocycles. The molecule has 2 heterocycles. The van der Waals surface area contributed by atoms with Crippen LogP contribution in [0, 0.1) is 15.5 Å². The fraction of sp³-hybridized carbons (Fsp3) is 0.310. The first-order valence-corrected chi connectivity index (χ1v) is 12.7. The Labute approximate surface area is 223 Å². The van der Waals surface area contributed by atoms with Crippen LogP contribution in [0.25, 0.3) is 10.9 Å². The number of nitrogens with one attached hydrogen (secondary N) is 2. The number of benzene rings is 3. The van der Waals surface area contributed by atoms with E-state index in [4.69, 9.17) is 0 Å². The zero-order chi connectivity index (χ0) is 27.6. The van der Waals surface area contributed by atoms with Crippen molar-refractivity contribution in [1.82, 2.24) is 9.88 Å². The molecule has 7 nitrogen and oxygen atoms in total. The maximum Gasteiger partial charge on any atom is 0.416 e. The number of alkyl halides is 3. The van der Waals surface area contributed by atoms with Gasteiger partial charge in [0.15, 0.2) is 0 Å². The third kappa shape index (κ3) is 5.91. The fourth-order valence-electron chi connectivity index (χ4n) is 5.52. The SMILES string of the molecule is O=[N+]([O-])c1cc(CO)ccc1NC[C@@]1(Cc2ccc(C(F)(F)F)cc2)CCN(Cc2c[nH]c3ccccc23)C1. The molecule has 1 aliphatic rings.